The summed E-state index contributed by atoms with van der Waals surface area (Å²) in [5, 5.41) is 0. The first kappa shape index (κ1) is 9.10. The van der Waals surface area contributed by atoms with Crippen LogP contribution in [0.5, 0.6) is 0 Å². The summed E-state index contributed by atoms with van der Waals surface area (Å²) in [5.74, 6) is 0. The molecule has 0 saturated heterocycles. The lowest BCUT2D eigenvalue weighted by atomic mass is 10.3. The Labute approximate surface area is 88.7 Å². The van der Waals surface area contributed by atoms with Gasteiger partial charge in [-0.05, 0) is 30.3 Å². The SMILES string of the molecule is ClN(c1cc[c]cc1)c1ccccc1. The minimum Gasteiger partial charge on any atom is -0.254 e. The number of rotatable bonds is 2. The van der Waals surface area contributed by atoms with Gasteiger partial charge in [0.1, 0.15) is 0 Å². The van der Waals surface area contributed by atoms with Crippen LogP contribution in [0.15, 0.2) is 54.6 Å². The van der Waals surface area contributed by atoms with Crippen LogP contribution in [0.25, 0.3) is 0 Å². The molecule has 0 aliphatic carbocycles. The van der Waals surface area contributed by atoms with Crippen LogP contribution < -0.4 is 4.42 Å². The summed E-state index contributed by atoms with van der Waals surface area (Å²) < 4.78 is 1.62. The fourth-order valence-electron chi connectivity index (χ4n) is 1.22. The fourth-order valence-corrected chi connectivity index (χ4v) is 1.44. The van der Waals surface area contributed by atoms with Gasteiger partial charge >= 0.3 is 0 Å². The maximum atomic E-state index is 6.15. The molecule has 69 valence electrons. The second kappa shape index (κ2) is 4.16. The van der Waals surface area contributed by atoms with Crippen molar-refractivity contribution in [3.05, 3.63) is 60.7 Å². The van der Waals surface area contributed by atoms with Crippen LogP contribution in [-0.4, -0.2) is 0 Å². The maximum absolute atomic E-state index is 6.15. The molecule has 0 aromatic heterocycles. The van der Waals surface area contributed by atoms with E-state index in [-0.39, 0.29) is 0 Å². The molecule has 2 heteroatoms. The smallest absolute Gasteiger partial charge is 0.0581 e. The van der Waals surface area contributed by atoms with Gasteiger partial charge in [-0.3, -0.25) is 4.42 Å². The second-order valence-corrected chi connectivity index (χ2v) is 3.21. The van der Waals surface area contributed by atoms with E-state index in [9.17, 15) is 0 Å². The van der Waals surface area contributed by atoms with Crippen LogP contribution in [0.3, 0.4) is 0 Å². The van der Waals surface area contributed by atoms with Crippen LogP contribution in [0.2, 0.25) is 0 Å². The largest absolute Gasteiger partial charge is 0.254 e. The Morgan fingerprint density at radius 3 is 2.07 bits per heavy atom. The lowest BCUT2D eigenvalue weighted by Gasteiger charge is -2.15. The van der Waals surface area contributed by atoms with Crippen molar-refractivity contribution in [2.45, 2.75) is 0 Å². The monoisotopic (exact) mass is 202 g/mol. The summed E-state index contributed by atoms with van der Waals surface area (Å²) in [6.07, 6.45) is 0. The van der Waals surface area contributed by atoms with Gasteiger partial charge in [-0.25, -0.2) is 0 Å². The summed E-state index contributed by atoms with van der Waals surface area (Å²) in [6, 6.07) is 20.3. The quantitative estimate of drug-likeness (QED) is 0.670. The Bertz CT molecular complexity index is 346. The Morgan fingerprint density at radius 1 is 0.857 bits per heavy atom. The van der Waals surface area contributed by atoms with E-state index in [1.807, 2.05) is 54.6 Å². The van der Waals surface area contributed by atoms with E-state index < -0.39 is 0 Å². The third-order valence-electron chi connectivity index (χ3n) is 1.91. The van der Waals surface area contributed by atoms with E-state index in [1.54, 1.807) is 4.42 Å². The summed E-state index contributed by atoms with van der Waals surface area (Å²) in [4.78, 5) is 0. The average Bonchev–Trinajstić information content (AvgIpc) is 2.30. The molecule has 2 rings (SSSR count). The summed E-state index contributed by atoms with van der Waals surface area (Å²) in [7, 11) is 0. The van der Waals surface area contributed by atoms with Crippen molar-refractivity contribution >= 4 is 23.2 Å². The molecule has 1 nitrogen and oxygen atoms in total. The standard InChI is InChI=1S/C12H9ClN/c13-14(11-7-3-1-4-8-11)12-9-5-2-6-10-12/h1,3-10H. The molecule has 0 unspecified atom stereocenters. The van der Waals surface area contributed by atoms with Gasteiger partial charge in [0.2, 0.25) is 0 Å². The average molecular weight is 203 g/mol. The fraction of sp³-hybridized carbons (Fsp3) is 0. The van der Waals surface area contributed by atoms with E-state index >= 15 is 0 Å². The van der Waals surface area contributed by atoms with E-state index in [4.69, 9.17) is 11.8 Å². The Kier molecular flexibility index (Phi) is 2.70. The van der Waals surface area contributed by atoms with Crippen LogP contribution in [0.1, 0.15) is 0 Å². The normalized spacial score (nSPS) is 9.79. The first-order chi connectivity index (χ1) is 6.88. The number of anilines is 2. The Morgan fingerprint density at radius 2 is 1.43 bits per heavy atom. The highest BCUT2D eigenvalue weighted by Crippen LogP contribution is 2.26. The summed E-state index contributed by atoms with van der Waals surface area (Å²) in [6.45, 7) is 0. The second-order valence-electron chi connectivity index (χ2n) is 2.87. The molecular weight excluding hydrogens is 194 g/mol. The van der Waals surface area contributed by atoms with Crippen molar-refractivity contribution in [3.8, 4) is 0 Å². The molecule has 1 radical (unpaired) electrons. The van der Waals surface area contributed by atoms with Crippen molar-refractivity contribution in [2.75, 3.05) is 4.42 Å². The molecular formula is C12H9ClN. The molecule has 0 spiro atoms. The highest BCUT2D eigenvalue weighted by molar-refractivity contribution is 6.29. The molecule has 0 fully saturated rings. The van der Waals surface area contributed by atoms with Crippen LogP contribution in [-0.2, 0) is 0 Å². The predicted molar refractivity (Wildman–Crippen MR) is 59.7 cm³/mol. The van der Waals surface area contributed by atoms with Gasteiger partial charge in [-0.15, -0.1) is 0 Å². The molecule has 0 aliphatic rings. The zero-order valence-electron chi connectivity index (χ0n) is 7.52. The van der Waals surface area contributed by atoms with Crippen molar-refractivity contribution in [3.63, 3.8) is 0 Å². The number of hydrogen-bond donors (Lipinski definition) is 0. The van der Waals surface area contributed by atoms with Gasteiger partial charge in [0.25, 0.3) is 0 Å². The van der Waals surface area contributed by atoms with Gasteiger partial charge in [0.15, 0.2) is 0 Å². The lowest BCUT2D eigenvalue weighted by Crippen LogP contribution is -2.00. The first-order valence-corrected chi connectivity index (χ1v) is 4.69. The number of para-hydroxylation sites is 1. The zero-order chi connectivity index (χ0) is 9.80. The van der Waals surface area contributed by atoms with Gasteiger partial charge in [-0.1, -0.05) is 30.3 Å². The van der Waals surface area contributed by atoms with Crippen molar-refractivity contribution < 1.29 is 0 Å². The molecule has 0 N–H and O–H groups in total. The highest BCUT2D eigenvalue weighted by atomic mass is 35.5. The molecule has 0 aliphatic heterocycles. The molecule has 0 atom stereocenters. The molecule has 2 aromatic rings. The molecule has 0 saturated carbocycles. The van der Waals surface area contributed by atoms with Crippen LogP contribution >= 0.6 is 11.8 Å². The third kappa shape index (κ3) is 1.88. The number of halogens is 1. The lowest BCUT2D eigenvalue weighted by molar-refractivity contribution is 1.42. The molecule has 2 aromatic carbocycles. The minimum absolute atomic E-state index is 0.941. The van der Waals surface area contributed by atoms with E-state index in [1.165, 1.54) is 0 Å². The minimum atomic E-state index is 0.941. The number of nitrogens with zero attached hydrogens (tertiary/aromatic N) is 1. The van der Waals surface area contributed by atoms with Crippen molar-refractivity contribution in [1.82, 2.24) is 0 Å². The van der Waals surface area contributed by atoms with Gasteiger partial charge < -0.3 is 0 Å². The number of benzene rings is 2. The van der Waals surface area contributed by atoms with E-state index in [0.717, 1.165) is 11.4 Å². The number of hydrogen-bond acceptors (Lipinski definition) is 1. The predicted octanol–water partition coefficient (Wildman–Crippen LogP) is 3.78. The Balaban J connectivity index is 2.30. The summed E-state index contributed by atoms with van der Waals surface area (Å²) in [5.41, 5.74) is 1.90. The zero-order valence-corrected chi connectivity index (χ0v) is 8.28. The molecule has 0 bridgehead atoms. The maximum Gasteiger partial charge on any atom is 0.0581 e. The molecule has 0 amide bonds. The molecule has 14 heavy (non-hydrogen) atoms. The third-order valence-corrected chi connectivity index (χ3v) is 2.30. The van der Waals surface area contributed by atoms with E-state index in [2.05, 4.69) is 6.07 Å². The van der Waals surface area contributed by atoms with Crippen molar-refractivity contribution in [1.29, 1.82) is 0 Å². The summed E-state index contributed by atoms with van der Waals surface area (Å²) >= 11 is 6.15. The van der Waals surface area contributed by atoms with Crippen LogP contribution in [0.4, 0.5) is 11.4 Å². The highest BCUT2D eigenvalue weighted by Gasteiger charge is 2.03. The van der Waals surface area contributed by atoms with Crippen LogP contribution in [0, 0.1) is 6.07 Å². The molecule has 0 heterocycles. The topological polar surface area (TPSA) is 3.24 Å². The van der Waals surface area contributed by atoms with Crippen molar-refractivity contribution in [2.24, 2.45) is 0 Å². The Hall–Kier alpha value is -1.47. The van der Waals surface area contributed by atoms with E-state index in [0.29, 0.717) is 0 Å². The van der Waals surface area contributed by atoms with Gasteiger partial charge in [0, 0.05) is 11.8 Å². The first-order valence-electron chi connectivity index (χ1n) is 4.35. The van der Waals surface area contributed by atoms with Gasteiger partial charge in [-0.2, -0.15) is 0 Å². The van der Waals surface area contributed by atoms with Gasteiger partial charge in [0.05, 0.1) is 11.4 Å².